The minimum absolute atomic E-state index is 0.00176. The van der Waals surface area contributed by atoms with Crippen LogP contribution in [0, 0.1) is 51.8 Å². The zero-order valence-electron chi connectivity index (χ0n) is 18.9. The second-order valence-corrected chi connectivity index (χ2v) is 13.3. The van der Waals surface area contributed by atoms with Crippen molar-refractivity contribution in [3.05, 3.63) is 0 Å². The van der Waals surface area contributed by atoms with Gasteiger partial charge in [0.1, 0.15) is 12.3 Å². The van der Waals surface area contributed by atoms with Gasteiger partial charge < -0.3 is 10.2 Å². The molecule has 3 nitrogen and oxygen atoms in total. The molecule has 0 aromatic carbocycles. The fourth-order valence-electron chi connectivity index (χ4n) is 11.0. The largest absolute Gasteiger partial charge is 0.390 e. The van der Waals surface area contributed by atoms with Crippen LogP contribution < -0.4 is 0 Å². The average molecular weight is 419 g/mol. The Morgan fingerprint density at radius 3 is 2.47 bits per heavy atom. The number of aliphatic hydroxyl groups is 2. The summed E-state index contributed by atoms with van der Waals surface area (Å²) in [4.78, 5) is 12.5. The van der Waals surface area contributed by atoms with Crippen LogP contribution in [0.25, 0.3) is 0 Å². The van der Waals surface area contributed by atoms with Crippen LogP contribution in [0.2, 0.25) is 0 Å². The number of carbonyl (C=O) groups excluding carboxylic acids is 1. The third kappa shape index (κ3) is 2.21. The molecule has 2 N–H and O–H groups in total. The lowest BCUT2D eigenvalue weighted by atomic mass is 9.41. The normalized spacial score (nSPS) is 63.3. The monoisotopic (exact) mass is 418 g/mol. The molecule has 6 saturated carbocycles. The number of alkyl halides is 1. The van der Waals surface area contributed by atoms with Gasteiger partial charge in [0.05, 0.1) is 5.60 Å². The highest BCUT2D eigenvalue weighted by atomic mass is 19.1. The molecule has 0 aromatic rings. The van der Waals surface area contributed by atoms with E-state index in [1.807, 2.05) is 6.92 Å². The lowest BCUT2D eigenvalue weighted by Gasteiger charge is -2.65. The zero-order valence-corrected chi connectivity index (χ0v) is 18.9. The molecule has 11 atom stereocenters. The Bertz CT molecular complexity index is 795. The van der Waals surface area contributed by atoms with E-state index in [4.69, 9.17) is 0 Å². The van der Waals surface area contributed by atoms with E-state index in [1.54, 1.807) is 0 Å². The van der Waals surface area contributed by atoms with Crippen LogP contribution in [0.3, 0.4) is 0 Å². The molecule has 0 aromatic heterocycles. The molecule has 0 radical (unpaired) electrons. The van der Waals surface area contributed by atoms with E-state index in [2.05, 4.69) is 13.8 Å². The van der Waals surface area contributed by atoms with E-state index < -0.39 is 11.3 Å². The number of aliphatic hydroxyl groups excluding tert-OH is 1. The number of hydrogen-bond acceptors (Lipinski definition) is 3. The Morgan fingerprint density at radius 2 is 1.73 bits per heavy atom. The van der Waals surface area contributed by atoms with Crippen LogP contribution in [0.5, 0.6) is 0 Å². The van der Waals surface area contributed by atoms with E-state index in [0.717, 1.165) is 44.9 Å². The van der Waals surface area contributed by atoms with Gasteiger partial charge in [0, 0.05) is 11.3 Å². The first-order valence-electron chi connectivity index (χ1n) is 12.5. The predicted molar refractivity (Wildman–Crippen MR) is 112 cm³/mol. The van der Waals surface area contributed by atoms with Crippen molar-refractivity contribution in [1.82, 2.24) is 0 Å². The fraction of sp³-hybridized carbons (Fsp3) is 0.962. The first kappa shape index (κ1) is 20.1. The molecule has 0 bridgehead atoms. The van der Waals surface area contributed by atoms with Crippen molar-refractivity contribution in [3.8, 4) is 0 Å². The van der Waals surface area contributed by atoms with Crippen molar-refractivity contribution in [2.75, 3.05) is 6.61 Å². The molecule has 6 rings (SSSR count). The van der Waals surface area contributed by atoms with Crippen LogP contribution in [0.4, 0.5) is 4.39 Å². The van der Waals surface area contributed by atoms with Gasteiger partial charge in [-0.05, 0) is 112 Å². The summed E-state index contributed by atoms with van der Waals surface area (Å²) in [5.74, 6) is 2.14. The number of hydrogen-bond donors (Lipinski definition) is 2. The first-order valence-corrected chi connectivity index (χ1v) is 12.5. The van der Waals surface area contributed by atoms with Gasteiger partial charge >= 0.3 is 0 Å². The molecule has 3 unspecified atom stereocenters. The van der Waals surface area contributed by atoms with Crippen LogP contribution in [-0.4, -0.2) is 33.9 Å². The summed E-state index contributed by atoms with van der Waals surface area (Å²) in [6.07, 6.45) is 8.93. The molecular formula is C26H39FO3. The number of carbonyl (C=O) groups is 1. The highest BCUT2D eigenvalue weighted by molar-refractivity contribution is 5.83. The van der Waals surface area contributed by atoms with E-state index in [1.165, 1.54) is 0 Å². The highest BCUT2D eigenvalue weighted by Gasteiger charge is 2.82. The van der Waals surface area contributed by atoms with Crippen molar-refractivity contribution in [2.24, 2.45) is 51.8 Å². The molecule has 168 valence electrons. The summed E-state index contributed by atoms with van der Waals surface area (Å²) in [7, 11) is 0. The number of fused-ring (bicyclic) bond motifs is 5. The average Bonchev–Trinajstić information content (AvgIpc) is 3.12. The van der Waals surface area contributed by atoms with Crippen LogP contribution in [-0.2, 0) is 4.79 Å². The maximum atomic E-state index is 17.2. The van der Waals surface area contributed by atoms with Crippen LogP contribution in [0.1, 0.15) is 85.0 Å². The standard InChI is InChI=1S/C26H39FO3/c1-22-11-21(22)26-14-23(2,30)8-7-18(26)15-6-9-24(3)17(4-5-19(24)20(29)12-28)16(15)10-25(26,27)13-22/h15-19,21,28,30H,4-14H2,1-3H3/t15-,16+,17-,18+,19+,21?,22?,23+,24-,25?,26-/m0/s1. The minimum Gasteiger partial charge on any atom is -0.390 e. The number of rotatable bonds is 2. The smallest absolute Gasteiger partial charge is 0.161 e. The third-order valence-electron chi connectivity index (χ3n) is 11.9. The molecule has 1 spiro atoms. The molecule has 4 heteroatoms. The number of halogens is 1. The maximum absolute atomic E-state index is 17.2. The minimum atomic E-state index is -1.15. The van der Waals surface area contributed by atoms with Crippen molar-refractivity contribution in [2.45, 2.75) is 96.2 Å². The van der Waals surface area contributed by atoms with Crippen molar-refractivity contribution >= 4 is 5.78 Å². The summed E-state index contributed by atoms with van der Waals surface area (Å²) in [6, 6.07) is 0. The number of Topliss-reactive ketones (excluding diaryl/α,β-unsaturated/α-hetero) is 1. The fourth-order valence-corrected chi connectivity index (χ4v) is 11.0. The van der Waals surface area contributed by atoms with Gasteiger partial charge in [-0.25, -0.2) is 4.39 Å². The summed E-state index contributed by atoms with van der Waals surface area (Å²) >= 11 is 0. The van der Waals surface area contributed by atoms with Crippen LogP contribution >= 0.6 is 0 Å². The Morgan fingerprint density at radius 1 is 0.967 bits per heavy atom. The third-order valence-corrected chi connectivity index (χ3v) is 11.9. The summed E-state index contributed by atoms with van der Waals surface area (Å²) in [5, 5.41) is 20.6. The highest BCUT2D eigenvalue weighted by Crippen LogP contribution is 2.84. The van der Waals surface area contributed by atoms with Gasteiger partial charge in [0.25, 0.3) is 0 Å². The summed E-state index contributed by atoms with van der Waals surface area (Å²) in [6.45, 7) is 6.16. The van der Waals surface area contributed by atoms with E-state index in [9.17, 15) is 15.0 Å². The molecule has 0 aliphatic heterocycles. The molecule has 6 aliphatic rings. The number of ketones is 1. The molecule has 0 heterocycles. The molecule has 0 amide bonds. The molecule has 6 fully saturated rings. The first-order chi connectivity index (χ1) is 14.0. The van der Waals surface area contributed by atoms with Gasteiger partial charge in [-0.2, -0.15) is 0 Å². The lowest BCUT2D eigenvalue weighted by Crippen LogP contribution is -2.64. The van der Waals surface area contributed by atoms with Gasteiger partial charge in [-0.1, -0.05) is 13.8 Å². The van der Waals surface area contributed by atoms with E-state index >= 15 is 4.39 Å². The van der Waals surface area contributed by atoms with Gasteiger partial charge in [0.15, 0.2) is 5.78 Å². The van der Waals surface area contributed by atoms with Gasteiger partial charge in [-0.3, -0.25) is 4.79 Å². The Balaban J connectivity index is 1.40. The Kier molecular flexibility index (Phi) is 3.83. The Labute approximate surface area is 180 Å². The topological polar surface area (TPSA) is 57.5 Å². The van der Waals surface area contributed by atoms with Crippen molar-refractivity contribution < 1.29 is 19.4 Å². The zero-order chi connectivity index (χ0) is 21.3. The molecule has 30 heavy (non-hydrogen) atoms. The summed E-state index contributed by atoms with van der Waals surface area (Å²) < 4.78 is 17.2. The quantitative estimate of drug-likeness (QED) is 0.684. The van der Waals surface area contributed by atoms with Gasteiger partial charge in [0.2, 0.25) is 0 Å². The SMILES string of the molecule is CC12CC1[C@]13C[C@](C)(O)CC[C@@H]1[C@H]1CC[C@]4(C)[C@@H](C(=O)CO)CC[C@H]4[C@@H]1CC3(F)C2. The van der Waals surface area contributed by atoms with Crippen molar-refractivity contribution in [1.29, 1.82) is 0 Å². The molecule has 6 aliphatic carbocycles. The summed E-state index contributed by atoms with van der Waals surface area (Å²) in [5.41, 5.74) is -2.13. The van der Waals surface area contributed by atoms with Crippen LogP contribution in [0.15, 0.2) is 0 Å². The van der Waals surface area contributed by atoms with Crippen molar-refractivity contribution in [3.63, 3.8) is 0 Å². The van der Waals surface area contributed by atoms with E-state index in [-0.39, 0.29) is 34.6 Å². The second-order valence-electron chi connectivity index (χ2n) is 13.3. The lowest BCUT2D eigenvalue weighted by molar-refractivity contribution is -0.216. The molecule has 0 saturated heterocycles. The van der Waals surface area contributed by atoms with Gasteiger partial charge in [-0.15, -0.1) is 0 Å². The Hall–Kier alpha value is -0.480. The van der Waals surface area contributed by atoms with E-state index in [0.29, 0.717) is 48.9 Å². The predicted octanol–water partition coefficient (Wildman–Crippen LogP) is 4.69. The maximum Gasteiger partial charge on any atom is 0.161 e. The molecular weight excluding hydrogens is 379 g/mol. The second kappa shape index (κ2) is 5.71.